The molecular weight excluding hydrogens is 1190 g/mol. The van der Waals surface area contributed by atoms with E-state index in [4.69, 9.17) is 37.0 Å². The molecule has 19 heteroatoms. The van der Waals surface area contributed by atoms with Crippen molar-refractivity contribution in [2.24, 2.45) is 17.8 Å². The van der Waals surface area contributed by atoms with Gasteiger partial charge in [0.1, 0.15) is 19.3 Å². The lowest BCUT2D eigenvalue weighted by Gasteiger charge is -2.21. The Hall–Kier alpha value is -1.94. The molecule has 0 aromatic rings. The molecule has 0 fully saturated rings. The molecular formula is C71H138O17P2. The van der Waals surface area contributed by atoms with Crippen molar-refractivity contribution in [1.82, 2.24) is 0 Å². The maximum absolute atomic E-state index is 13.0. The quantitative estimate of drug-likeness (QED) is 0.0222. The summed E-state index contributed by atoms with van der Waals surface area (Å²) in [5, 5.41) is 10.6. The third kappa shape index (κ3) is 64.8. The van der Waals surface area contributed by atoms with E-state index < -0.39 is 97.5 Å². The summed E-state index contributed by atoms with van der Waals surface area (Å²) in [6.45, 7) is 11.7. The van der Waals surface area contributed by atoms with Crippen LogP contribution in [0, 0.1) is 17.8 Å². The van der Waals surface area contributed by atoms with E-state index in [9.17, 15) is 43.2 Å². The molecule has 0 aliphatic rings. The number of aliphatic hydroxyl groups is 1. The maximum Gasteiger partial charge on any atom is 0.472 e. The molecule has 0 aromatic heterocycles. The second-order valence-electron chi connectivity index (χ2n) is 27.1. The number of phosphoric acid groups is 2. The molecule has 3 N–H and O–H groups in total. The third-order valence-electron chi connectivity index (χ3n) is 16.4. The van der Waals surface area contributed by atoms with Crippen molar-refractivity contribution in [3.63, 3.8) is 0 Å². The van der Waals surface area contributed by atoms with Crippen LogP contribution >= 0.6 is 15.6 Å². The van der Waals surface area contributed by atoms with E-state index >= 15 is 0 Å². The van der Waals surface area contributed by atoms with Gasteiger partial charge in [0.2, 0.25) is 0 Å². The fourth-order valence-corrected chi connectivity index (χ4v) is 12.3. The average Bonchev–Trinajstić information content (AvgIpc) is 3.69. The van der Waals surface area contributed by atoms with E-state index in [0.717, 1.165) is 102 Å². The van der Waals surface area contributed by atoms with E-state index in [1.807, 2.05) is 0 Å². The zero-order valence-electron chi connectivity index (χ0n) is 58.6. The van der Waals surface area contributed by atoms with Gasteiger partial charge in [0.05, 0.1) is 26.4 Å². The number of aliphatic hydroxyl groups excluding tert-OH is 1. The number of ether oxygens (including phenoxy) is 4. The molecule has 0 saturated carbocycles. The number of rotatable bonds is 69. The van der Waals surface area contributed by atoms with Crippen LogP contribution in [0.1, 0.15) is 357 Å². The standard InChI is InChI=1S/C71H138O17P2/c1-8-9-10-11-12-13-14-15-16-17-18-19-24-27-30-40-47-54-70(75)87-66(58-81-68(73)52-45-38-29-26-23-21-20-22-25-28-35-42-49-62(2)3)60-85-89(77,78)83-56-65(72)57-84-90(79,80)86-61-67(88-71(76)55-48-41-34-32-37-44-51-64(6)7)59-82-69(74)53-46-39-33-31-36-43-50-63(4)5/h62-67,72H,8-61H2,1-7H3,(H,77,78)(H,79,80)/t65-,66-,67-/m1/s1. The summed E-state index contributed by atoms with van der Waals surface area (Å²) in [5.41, 5.74) is 0. The van der Waals surface area contributed by atoms with Crippen molar-refractivity contribution < 1.29 is 80.2 Å². The molecule has 0 aliphatic heterocycles. The molecule has 0 heterocycles. The number of hydrogen-bond acceptors (Lipinski definition) is 15. The minimum atomic E-state index is -4.95. The van der Waals surface area contributed by atoms with Crippen LogP contribution in [0.5, 0.6) is 0 Å². The van der Waals surface area contributed by atoms with E-state index in [2.05, 4.69) is 48.5 Å². The zero-order valence-corrected chi connectivity index (χ0v) is 60.4. The van der Waals surface area contributed by atoms with Gasteiger partial charge in [-0.25, -0.2) is 9.13 Å². The van der Waals surface area contributed by atoms with Crippen LogP contribution in [0.25, 0.3) is 0 Å². The fraction of sp³-hybridized carbons (Fsp3) is 0.944. The summed E-state index contributed by atoms with van der Waals surface area (Å²) in [5.74, 6) is -0.000201. The van der Waals surface area contributed by atoms with Crippen LogP contribution in [0.3, 0.4) is 0 Å². The lowest BCUT2D eigenvalue weighted by molar-refractivity contribution is -0.161. The highest BCUT2D eigenvalue weighted by molar-refractivity contribution is 7.47. The summed E-state index contributed by atoms with van der Waals surface area (Å²) in [7, 11) is -9.90. The predicted molar refractivity (Wildman–Crippen MR) is 363 cm³/mol. The van der Waals surface area contributed by atoms with Crippen molar-refractivity contribution in [2.45, 2.75) is 375 Å². The molecule has 0 rings (SSSR count). The highest BCUT2D eigenvalue weighted by Gasteiger charge is 2.30. The van der Waals surface area contributed by atoms with Crippen LogP contribution in [0.2, 0.25) is 0 Å². The minimum Gasteiger partial charge on any atom is -0.462 e. The largest absolute Gasteiger partial charge is 0.472 e. The highest BCUT2D eigenvalue weighted by Crippen LogP contribution is 2.45. The SMILES string of the molecule is CCCCCCCCCCCCCCCCCCCC(=O)O[C@H](COC(=O)CCCCCCCCCCCCCCC(C)C)COP(=O)(O)OC[C@@H](O)COP(=O)(O)OC[C@@H](COC(=O)CCCCCCCCC(C)C)OC(=O)CCCCCCCCC(C)C. The van der Waals surface area contributed by atoms with Gasteiger partial charge < -0.3 is 33.8 Å². The lowest BCUT2D eigenvalue weighted by atomic mass is 10.0. The van der Waals surface area contributed by atoms with Crippen LogP contribution in [0.15, 0.2) is 0 Å². The summed E-state index contributed by atoms with van der Waals surface area (Å²) < 4.78 is 68.2. The Balaban J connectivity index is 5.21. The Morgan fingerprint density at radius 3 is 0.756 bits per heavy atom. The number of phosphoric ester groups is 2. The smallest absolute Gasteiger partial charge is 0.462 e. The summed E-state index contributed by atoms with van der Waals surface area (Å²) in [6, 6.07) is 0. The molecule has 0 amide bonds. The van der Waals surface area contributed by atoms with Crippen molar-refractivity contribution >= 4 is 39.5 Å². The molecule has 2 unspecified atom stereocenters. The third-order valence-corrected chi connectivity index (χ3v) is 18.3. The van der Waals surface area contributed by atoms with Crippen LogP contribution in [-0.2, 0) is 65.4 Å². The summed E-state index contributed by atoms with van der Waals surface area (Å²) >= 11 is 0. The monoisotopic (exact) mass is 1320 g/mol. The first-order valence-corrected chi connectivity index (χ1v) is 39.8. The Kier molecular flexibility index (Phi) is 60.6. The number of esters is 4. The molecule has 0 radical (unpaired) electrons. The van der Waals surface area contributed by atoms with Crippen LogP contribution in [-0.4, -0.2) is 96.7 Å². The molecule has 17 nitrogen and oxygen atoms in total. The molecule has 0 spiro atoms. The maximum atomic E-state index is 13.0. The second kappa shape index (κ2) is 61.9. The van der Waals surface area contributed by atoms with E-state index in [0.29, 0.717) is 37.5 Å². The summed E-state index contributed by atoms with van der Waals surface area (Å²) in [6.07, 6.45) is 46.2. The second-order valence-corrected chi connectivity index (χ2v) is 30.0. The number of carbonyl (C=O) groups is 4. The molecule has 0 bridgehead atoms. The Bertz CT molecular complexity index is 1770. The first kappa shape index (κ1) is 88.1. The average molecular weight is 1330 g/mol. The van der Waals surface area contributed by atoms with E-state index in [-0.39, 0.29) is 25.7 Å². The van der Waals surface area contributed by atoms with Gasteiger partial charge in [0, 0.05) is 25.7 Å². The molecule has 0 aliphatic carbocycles. The molecule has 0 saturated heterocycles. The van der Waals surface area contributed by atoms with Gasteiger partial charge in [-0.3, -0.25) is 37.3 Å². The lowest BCUT2D eigenvalue weighted by Crippen LogP contribution is -2.30. The van der Waals surface area contributed by atoms with Crippen molar-refractivity contribution in [3.8, 4) is 0 Å². The topological polar surface area (TPSA) is 237 Å². The normalized spacial score (nSPS) is 14.2. The van der Waals surface area contributed by atoms with Crippen LogP contribution < -0.4 is 0 Å². The van der Waals surface area contributed by atoms with Crippen molar-refractivity contribution in [2.75, 3.05) is 39.6 Å². The predicted octanol–water partition coefficient (Wildman–Crippen LogP) is 20.2. The van der Waals surface area contributed by atoms with Gasteiger partial charge in [-0.2, -0.15) is 0 Å². The van der Waals surface area contributed by atoms with E-state index in [1.165, 1.54) is 161 Å². The van der Waals surface area contributed by atoms with Gasteiger partial charge >= 0.3 is 39.5 Å². The zero-order chi connectivity index (χ0) is 66.6. The van der Waals surface area contributed by atoms with Gasteiger partial charge in [0.15, 0.2) is 12.2 Å². The number of carbonyl (C=O) groups excluding carboxylic acids is 4. The molecule has 0 aromatic carbocycles. The number of hydrogen-bond donors (Lipinski definition) is 3. The molecule has 534 valence electrons. The first-order chi connectivity index (χ1) is 43.2. The highest BCUT2D eigenvalue weighted by atomic mass is 31.2. The number of unbranched alkanes of at least 4 members (excludes halogenated alkanes) is 37. The van der Waals surface area contributed by atoms with Crippen molar-refractivity contribution in [3.05, 3.63) is 0 Å². The van der Waals surface area contributed by atoms with Gasteiger partial charge in [-0.1, -0.05) is 305 Å². The molecule has 90 heavy (non-hydrogen) atoms. The van der Waals surface area contributed by atoms with Crippen molar-refractivity contribution in [1.29, 1.82) is 0 Å². The van der Waals surface area contributed by atoms with E-state index in [1.54, 1.807) is 0 Å². The fourth-order valence-electron chi connectivity index (χ4n) is 10.7. The van der Waals surface area contributed by atoms with Gasteiger partial charge in [0.25, 0.3) is 0 Å². The Morgan fingerprint density at radius 1 is 0.300 bits per heavy atom. The Morgan fingerprint density at radius 2 is 0.511 bits per heavy atom. The van der Waals surface area contributed by atoms with Gasteiger partial charge in [-0.15, -0.1) is 0 Å². The Labute approximate surface area is 549 Å². The first-order valence-electron chi connectivity index (χ1n) is 36.8. The minimum absolute atomic E-state index is 0.101. The summed E-state index contributed by atoms with van der Waals surface area (Å²) in [4.78, 5) is 72.5. The van der Waals surface area contributed by atoms with Gasteiger partial charge in [-0.05, 0) is 43.4 Å². The molecule has 5 atom stereocenters. The van der Waals surface area contributed by atoms with Crippen LogP contribution in [0.4, 0.5) is 0 Å².